The highest BCUT2D eigenvalue weighted by atomic mass is 35.5. The highest BCUT2D eigenvalue weighted by Gasteiger charge is 2.15. The minimum absolute atomic E-state index is 0.113. The fraction of sp³-hybridized carbons (Fsp3) is 0.200. The van der Waals surface area contributed by atoms with Gasteiger partial charge in [0.25, 0.3) is 0 Å². The van der Waals surface area contributed by atoms with Crippen molar-refractivity contribution in [3.8, 4) is 0 Å². The minimum Gasteiger partial charge on any atom is -0.453 e. The van der Waals surface area contributed by atoms with Gasteiger partial charge in [-0.25, -0.2) is 18.8 Å². The van der Waals surface area contributed by atoms with E-state index in [0.717, 1.165) is 14.2 Å². The summed E-state index contributed by atoms with van der Waals surface area (Å²) >= 11 is 5.99. The standard InChI is InChI=1S/C20H21ClN4O6S/c1-4-17(26)22-15-9-8-14(32(29)13-7-5-6-12(21)10-13)11-16(15)23-18(24-19(27)30-2)25-20(28)31-3/h5-11H,4H2,1-3H3,(H,22,26)(H2,23,24,25,27,28). The van der Waals surface area contributed by atoms with Crippen molar-refractivity contribution in [3.05, 3.63) is 47.5 Å². The lowest BCUT2D eigenvalue weighted by Crippen LogP contribution is -2.43. The molecule has 2 aromatic carbocycles. The van der Waals surface area contributed by atoms with E-state index in [4.69, 9.17) is 11.6 Å². The van der Waals surface area contributed by atoms with Gasteiger partial charge in [0.2, 0.25) is 11.9 Å². The number of guanidine groups is 1. The molecule has 12 heteroatoms. The molecule has 0 radical (unpaired) electrons. The van der Waals surface area contributed by atoms with Crippen LogP contribution < -0.4 is 16.0 Å². The Labute approximate surface area is 191 Å². The molecule has 0 saturated carbocycles. The van der Waals surface area contributed by atoms with Crippen LogP contribution >= 0.6 is 11.6 Å². The van der Waals surface area contributed by atoms with Crippen LogP contribution in [-0.2, 0) is 25.1 Å². The van der Waals surface area contributed by atoms with Gasteiger partial charge in [-0.1, -0.05) is 24.6 Å². The Balaban J connectivity index is 2.55. The molecule has 1 atom stereocenters. The summed E-state index contributed by atoms with van der Waals surface area (Å²) in [4.78, 5) is 40.2. The first-order valence-corrected chi connectivity index (χ1v) is 10.7. The van der Waals surface area contributed by atoms with E-state index in [-0.39, 0.29) is 29.7 Å². The van der Waals surface area contributed by atoms with Crippen LogP contribution in [0.2, 0.25) is 5.02 Å². The first kappa shape index (κ1) is 24.8. The molecule has 10 nitrogen and oxygen atoms in total. The van der Waals surface area contributed by atoms with Crippen molar-refractivity contribution in [1.29, 1.82) is 0 Å². The van der Waals surface area contributed by atoms with Crippen LogP contribution in [0.3, 0.4) is 0 Å². The van der Waals surface area contributed by atoms with Crippen molar-refractivity contribution in [3.63, 3.8) is 0 Å². The molecule has 0 heterocycles. The van der Waals surface area contributed by atoms with Crippen molar-refractivity contribution in [1.82, 2.24) is 10.6 Å². The van der Waals surface area contributed by atoms with Crippen LogP contribution in [0.1, 0.15) is 13.3 Å². The second kappa shape index (κ2) is 11.8. The van der Waals surface area contributed by atoms with Gasteiger partial charge in [0.05, 0.1) is 36.4 Å². The summed E-state index contributed by atoms with van der Waals surface area (Å²) < 4.78 is 22.1. The van der Waals surface area contributed by atoms with Crippen molar-refractivity contribution in [2.45, 2.75) is 23.1 Å². The van der Waals surface area contributed by atoms with Gasteiger partial charge in [0, 0.05) is 21.2 Å². The largest absolute Gasteiger partial charge is 0.453 e. The number of rotatable bonds is 5. The quantitative estimate of drug-likeness (QED) is 0.442. The summed E-state index contributed by atoms with van der Waals surface area (Å²) in [5, 5.41) is 7.55. The maximum atomic E-state index is 13.0. The molecule has 3 amide bonds. The van der Waals surface area contributed by atoms with Crippen molar-refractivity contribution < 1.29 is 28.1 Å². The number of aliphatic imine (C=N–C) groups is 1. The topological polar surface area (TPSA) is 135 Å². The van der Waals surface area contributed by atoms with E-state index >= 15 is 0 Å². The van der Waals surface area contributed by atoms with E-state index in [1.54, 1.807) is 37.3 Å². The van der Waals surface area contributed by atoms with Crippen LogP contribution in [0.15, 0.2) is 57.2 Å². The van der Waals surface area contributed by atoms with E-state index in [0.29, 0.717) is 14.8 Å². The number of methoxy groups -OCH3 is 2. The molecule has 0 bridgehead atoms. The second-order valence-electron chi connectivity index (χ2n) is 6.00. The Morgan fingerprint density at radius 1 is 1.00 bits per heavy atom. The minimum atomic E-state index is -1.62. The second-order valence-corrected chi connectivity index (χ2v) is 7.92. The molecule has 170 valence electrons. The molecule has 0 saturated heterocycles. The molecule has 32 heavy (non-hydrogen) atoms. The number of hydrogen-bond acceptors (Lipinski definition) is 7. The maximum absolute atomic E-state index is 13.0. The lowest BCUT2D eigenvalue weighted by atomic mass is 10.2. The molecule has 0 spiro atoms. The number of anilines is 1. The number of benzene rings is 2. The van der Waals surface area contributed by atoms with Gasteiger partial charge in [-0.2, -0.15) is 0 Å². The zero-order valence-corrected chi connectivity index (χ0v) is 19.0. The summed E-state index contributed by atoms with van der Waals surface area (Å²) in [5.74, 6) is -0.630. The third kappa shape index (κ3) is 7.06. The van der Waals surface area contributed by atoms with Gasteiger partial charge in [-0.05, 0) is 36.4 Å². The average Bonchev–Trinajstić information content (AvgIpc) is 2.79. The number of hydrogen-bond donors (Lipinski definition) is 3. The Bertz CT molecular complexity index is 1060. The number of nitrogens with one attached hydrogen (secondary N) is 3. The zero-order valence-electron chi connectivity index (χ0n) is 17.4. The smallest absolute Gasteiger partial charge is 0.413 e. The third-order valence-corrected chi connectivity index (χ3v) is 5.43. The number of carbonyl (C=O) groups is 3. The van der Waals surface area contributed by atoms with Gasteiger partial charge >= 0.3 is 12.2 Å². The van der Waals surface area contributed by atoms with Crippen LogP contribution in [0.25, 0.3) is 0 Å². The lowest BCUT2D eigenvalue weighted by molar-refractivity contribution is -0.115. The fourth-order valence-corrected chi connectivity index (χ4v) is 3.66. The summed E-state index contributed by atoms with van der Waals surface area (Å²) in [5.41, 5.74) is 0.377. The fourth-order valence-electron chi connectivity index (χ4n) is 2.28. The van der Waals surface area contributed by atoms with E-state index in [9.17, 15) is 18.6 Å². The molecule has 0 aliphatic heterocycles. The summed E-state index contributed by atoms with van der Waals surface area (Å²) in [6.07, 6.45) is -1.61. The highest BCUT2D eigenvalue weighted by molar-refractivity contribution is 7.85. The third-order valence-electron chi connectivity index (χ3n) is 3.83. The first-order chi connectivity index (χ1) is 15.3. The van der Waals surface area contributed by atoms with Crippen LogP contribution in [0, 0.1) is 0 Å². The SMILES string of the molecule is CCC(=O)Nc1ccc(S(=O)c2cccc(Cl)c2)cc1N=C(NC(=O)OC)NC(=O)OC. The number of amides is 3. The Morgan fingerprint density at radius 2 is 1.62 bits per heavy atom. The molecule has 0 aromatic heterocycles. The monoisotopic (exact) mass is 480 g/mol. The van der Waals surface area contributed by atoms with Crippen molar-refractivity contribution in [2.75, 3.05) is 19.5 Å². The average molecular weight is 481 g/mol. The van der Waals surface area contributed by atoms with E-state index in [1.165, 1.54) is 12.1 Å². The normalized spacial score (nSPS) is 11.0. The van der Waals surface area contributed by atoms with E-state index in [2.05, 4.69) is 30.4 Å². The molecular weight excluding hydrogens is 460 g/mol. The number of halogens is 1. The number of ether oxygens (including phenoxy) is 2. The summed E-state index contributed by atoms with van der Waals surface area (Å²) in [7, 11) is 0.643. The van der Waals surface area contributed by atoms with Crippen LogP contribution in [-0.4, -0.2) is 42.5 Å². The molecule has 0 aliphatic rings. The van der Waals surface area contributed by atoms with Gasteiger partial charge in [0.1, 0.15) is 0 Å². The summed E-state index contributed by atoms with van der Waals surface area (Å²) in [6, 6.07) is 11.1. The lowest BCUT2D eigenvalue weighted by Gasteiger charge is -2.13. The highest BCUT2D eigenvalue weighted by Crippen LogP contribution is 2.30. The zero-order chi connectivity index (χ0) is 23.7. The number of alkyl carbamates (subject to hydrolysis) is 2. The molecule has 2 rings (SSSR count). The Hall–Kier alpha value is -3.44. The van der Waals surface area contributed by atoms with Gasteiger partial charge in [0.15, 0.2) is 0 Å². The molecule has 1 unspecified atom stereocenters. The molecule has 2 aromatic rings. The maximum Gasteiger partial charge on any atom is 0.413 e. The van der Waals surface area contributed by atoms with Crippen LogP contribution in [0.5, 0.6) is 0 Å². The van der Waals surface area contributed by atoms with E-state index < -0.39 is 23.0 Å². The molecular formula is C20H21ClN4O6S. The number of nitrogens with zero attached hydrogens (tertiary/aromatic N) is 1. The van der Waals surface area contributed by atoms with Crippen LogP contribution in [0.4, 0.5) is 21.0 Å². The van der Waals surface area contributed by atoms with Crippen molar-refractivity contribution in [2.24, 2.45) is 4.99 Å². The Kier molecular flexibility index (Phi) is 9.17. The molecule has 0 aliphatic carbocycles. The predicted octanol–water partition coefficient (Wildman–Crippen LogP) is 3.55. The number of carbonyl (C=O) groups excluding carboxylic acids is 3. The molecule has 0 fully saturated rings. The van der Waals surface area contributed by atoms with Gasteiger partial charge in [-0.3, -0.25) is 15.4 Å². The van der Waals surface area contributed by atoms with Crippen molar-refractivity contribution >= 4 is 57.8 Å². The first-order valence-electron chi connectivity index (χ1n) is 9.17. The van der Waals surface area contributed by atoms with E-state index in [1.807, 2.05) is 0 Å². The summed E-state index contributed by atoms with van der Waals surface area (Å²) in [6.45, 7) is 1.67. The Morgan fingerprint density at radius 3 is 2.19 bits per heavy atom. The molecule has 3 N–H and O–H groups in total. The van der Waals surface area contributed by atoms with Gasteiger partial charge < -0.3 is 14.8 Å². The van der Waals surface area contributed by atoms with Gasteiger partial charge in [-0.15, -0.1) is 0 Å². The predicted molar refractivity (Wildman–Crippen MR) is 120 cm³/mol.